The van der Waals surface area contributed by atoms with Crippen LogP contribution in [0.2, 0.25) is 0 Å². The number of carbonyl (C=O) groups is 2. The fraction of sp³-hybridized carbons (Fsp3) is 0.444. The Hall–Kier alpha value is -2.28. The molecule has 134 valence electrons. The monoisotopic (exact) mass is 360 g/mol. The largest absolute Gasteiger partial charge is 0.340 e. The molecular weight excluding hydrogens is 336 g/mol. The highest BCUT2D eigenvalue weighted by atomic mass is 32.1. The Kier molecular flexibility index (Phi) is 6.64. The zero-order valence-electron chi connectivity index (χ0n) is 14.9. The molecule has 2 atom stereocenters. The highest BCUT2D eigenvalue weighted by Gasteiger charge is 2.27. The van der Waals surface area contributed by atoms with Crippen LogP contribution < -0.4 is 10.6 Å². The maximum Gasteiger partial charge on any atom is 0.251 e. The molecule has 0 saturated carbocycles. The minimum absolute atomic E-state index is 0.00912. The molecule has 2 rings (SSSR count). The van der Waals surface area contributed by atoms with Crippen molar-refractivity contribution in [1.82, 2.24) is 15.5 Å². The number of nitrogens with zero attached hydrogens (tertiary/aromatic N) is 2. The van der Waals surface area contributed by atoms with Gasteiger partial charge in [0.15, 0.2) is 0 Å². The Morgan fingerprint density at radius 1 is 1.12 bits per heavy atom. The standard InChI is InChI=1S/C18H24N4O2S/c1-5-12(4)14(19-15(23)13-9-7-6-8-10-13)16(24)20-18-22-21-17(25-18)11(2)3/h6-12,14H,5H2,1-4H3,(H,19,23)(H,20,22,24). The molecule has 1 aromatic heterocycles. The smallest absolute Gasteiger partial charge is 0.251 e. The zero-order valence-corrected chi connectivity index (χ0v) is 15.8. The summed E-state index contributed by atoms with van der Waals surface area (Å²) in [6.07, 6.45) is 0.764. The SMILES string of the molecule is CCC(C)C(NC(=O)c1ccccc1)C(=O)Nc1nnc(C(C)C)s1. The highest BCUT2D eigenvalue weighted by molar-refractivity contribution is 7.15. The van der Waals surface area contributed by atoms with Gasteiger partial charge in [0, 0.05) is 11.5 Å². The summed E-state index contributed by atoms with van der Waals surface area (Å²) in [7, 11) is 0. The van der Waals surface area contributed by atoms with Crippen LogP contribution in [0.5, 0.6) is 0 Å². The van der Waals surface area contributed by atoms with Crippen molar-refractivity contribution < 1.29 is 9.59 Å². The van der Waals surface area contributed by atoms with Gasteiger partial charge in [-0.1, -0.05) is 63.7 Å². The molecule has 0 saturated heterocycles. The quantitative estimate of drug-likeness (QED) is 0.792. The van der Waals surface area contributed by atoms with Crippen molar-refractivity contribution in [3.8, 4) is 0 Å². The molecule has 0 fully saturated rings. The van der Waals surface area contributed by atoms with Crippen molar-refractivity contribution >= 4 is 28.3 Å². The van der Waals surface area contributed by atoms with Gasteiger partial charge in [-0.25, -0.2) is 0 Å². The molecule has 0 bridgehead atoms. The van der Waals surface area contributed by atoms with Crippen molar-refractivity contribution in [2.45, 2.75) is 46.1 Å². The van der Waals surface area contributed by atoms with Gasteiger partial charge in [0.1, 0.15) is 11.0 Å². The lowest BCUT2D eigenvalue weighted by Crippen LogP contribution is -2.47. The van der Waals surface area contributed by atoms with E-state index in [9.17, 15) is 9.59 Å². The third-order valence-corrected chi connectivity index (χ3v) is 5.12. The van der Waals surface area contributed by atoms with Crippen molar-refractivity contribution in [2.24, 2.45) is 5.92 Å². The van der Waals surface area contributed by atoms with Gasteiger partial charge in [0.25, 0.3) is 5.91 Å². The van der Waals surface area contributed by atoms with Crippen LogP contribution in [-0.2, 0) is 4.79 Å². The van der Waals surface area contributed by atoms with Crippen LogP contribution >= 0.6 is 11.3 Å². The van der Waals surface area contributed by atoms with Crippen molar-refractivity contribution in [3.63, 3.8) is 0 Å². The molecule has 7 heteroatoms. The molecule has 2 unspecified atom stereocenters. The van der Waals surface area contributed by atoms with E-state index in [2.05, 4.69) is 20.8 Å². The molecule has 0 radical (unpaired) electrons. The highest BCUT2D eigenvalue weighted by Crippen LogP contribution is 2.23. The van der Waals surface area contributed by atoms with E-state index in [4.69, 9.17) is 0 Å². The van der Waals surface area contributed by atoms with E-state index >= 15 is 0 Å². The number of benzene rings is 1. The first-order valence-corrected chi connectivity index (χ1v) is 9.24. The van der Waals surface area contributed by atoms with Gasteiger partial charge in [-0.2, -0.15) is 0 Å². The lowest BCUT2D eigenvalue weighted by atomic mass is 9.98. The number of anilines is 1. The van der Waals surface area contributed by atoms with Crippen LogP contribution in [-0.4, -0.2) is 28.1 Å². The molecule has 2 aromatic rings. The number of carbonyl (C=O) groups excluding carboxylic acids is 2. The van der Waals surface area contributed by atoms with E-state index in [1.807, 2.05) is 33.8 Å². The summed E-state index contributed by atoms with van der Waals surface area (Å²) in [5, 5.41) is 15.0. The van der Waals surface area contributed by atoms with E-state index in [0.29, 0.717) is 10.7 Å². The first-order valence-electron chi connectivity index (χ1n) is 8.42. The van der Waals surface area contributed by atoms with Gasteiger partial charge < -0.3 is 5.32 Å². The molecule has 0 spiro atoms. The molecule has 6 nitrogen and oxygen atoms in total. The molecule has 0 aliphatic heterocycles. The van der Waals surface area contributed by atoms with E-state index in [-0.39, 0.29) is 23.7 Å². The summed E-state index contributed by atoms with van der Waals surface area (Å²) in [6.45, 7) is 7.97. The van der Waals surface area contributed by atoms with Crippen LogP contribution in [0.25, 0.3) is 0 Å². The first kappa shape index (κ1) is 19.1. The van der Waals surface area contributed by atoms with Gasteiger partial charge in [-0.05, 0) is 18.1 Å². The number of amides is 2. The predicted octanol–water partition coefficient (Wildman–Crippen LogP) is 3.44. The lowest BCUT2D eigenvalue weighted by molar-refractivity contribution is -0.119. The number of hydrogen-bond acceptors (Lipinski definition) is 5. The van der Waals surface area contributed by atoms with Crippen LogP contribution in [0.1, 0.15) is 55.4 Å². The van der Waals surface area contributed by atoms with E-state index in [0.717, 1.165) is 11.4 Å². The molecule has 2 N–H and O–H groups in total. The molecular formula is C18H24N4O2S. The summed E-state index contributed by atoms with van der Waals surface area (Å²) >= 11 is 1.35. The van der Waals surface area contributed by atoms with Crippen LogP contribution in [0.3, 0.4) is 0 Å². The maximum absolute atomic E-state index is 12.7. The average molecular weight is 360 g/mol. The van der Waals surface area contributed by atoms with Gasteiger partial charge in [-0.3, -0.25) is 14.9 Å². The molecule has 2 amide bonds. The van der Waals surface area contributed by atoms with E-state index in [1.54, 1.807) is 24.3 Å². The fourth-order valence-electron chi connectivity index (χ4n) is 2.22. The van der Waals surface area contributed by atoms with Gasteiger partial charge in [-0.15, -0.1) is 10.2 Å². The van der Waals surface area contributed by atoms with Crippen LogP contribution in [0, 0.1) is 5.92 Å². The Balaban J connectivity index is 2.10. The second-order valence-electron chi connectivity index (χ2n) is 6.29. The number of rotatable bonds is 7. The van der Waals surface area contributed by atoms with Gasteiger partial charge >= 0.3 is 0 Å². The van der Waals surface area contributed by atoms with Gasteiger partial charge in [0.2, 0.25) is 11.0 Å². The zero-order chi connectivity index (χ0) is 18.4. The molecule has 25 heavy (non-hydrogen) atoms. The lowest BCUT2D eigenvalue weighted by Gasteiger charge is -2.23. The van der Waals surface area contributed by atoms with E-state index in [1.165, 1.54) is 11.3 Å². The fourth-order valence-corrected chi connectivity index (χ4v) is 2.97. The van der Waals surface area contributed by atoms with Gasteiger partial charge in [0.05, 0.1) is 0 Å². The Labute approximate surface area is 152 Å². The molecule has 1 heterocycles. The third-order valence-electron chi connectivity index (χ3n) is 3.98. The number of nitrogens with one attached hydrogen (secondary N) is 2. The first-order chi connectivity index (χ1) is 11.9. The molecule has 0 aliphatic carbocycles. The number of hydrogen-bond donors (Lipinski definition) is 2. The topological polar surface area (TPSA) is 84.0 Å². The van der Waals surface area contributed by atoms with Crippen molar-refractivity contribution in [3.05, 3.63) is 40.9 Å². The second-order valence-corrected chi connectivity index (χ2v) is 7.30. The Morgan fingerprint density at radius 2 is 1.80 bits per heavy atom. The summed E-state index contributed by atoms with van der Waals surface area (Å²) in [5.74, 6) is -0.289. The average Bonchev–Trinajstić information content (AvgIpc) is 3.08. The predicted molar refractivity (Wildman–Crippen MR) is 99.8 cm³/mol. The maximum atomic E-state index is 12.7. The number of aromatic nitrogens is 2. The third kappa shape index (κ3) is 5.09. The summed E-state index contributed by atoms with van der Waals surface area (Å²) < 4.78 is 0. The van der Waals surface area contributed by atoms with E-state index < -0.39 is 6.04 Å². The second kappa shape index (κ2) is 8.71. The van der Waals surface area contributed by atoms with Crippen LogP contribution in [0.15, 0.2) is 30.3 Å². The minimum Gasteiger partial charge on any atom is -0.340 e. The summed E-state index contributed by atoms with van der Waals surface area (Å²) in [6, 6.07) is 8.24. The summed E-state index contributed by atoms with van der Waals surface area (Å²) in [5.41, 5.74) is 0.529. The van der Waals surface area contributed by atoms with Crippen molar-refractivity contribution in [1.29, 1.82) is 0 Å². The Bertz CT molecular complexity index is 715. The molecule has 1 aromatic carbocycles. The minimum atomic E-state index is -0.635. The molecule has 0 aliphatic rings. The van der Waals surface area contributed by atoms with Crippen molar-refractivity contribution in [2.75, 3.05) is 5.32 Å². The Morgan fingerprint density at radius 3 is 2.36 bits per heavy atom. The normalized spacial score (nSPS) is 13.3. The van der Waals surface area contributed by atoms with Crippen LogP contribution in [0.4, 0.5) is 5.13 Å². The summed E-state index contributed by atoms with van der Waals surface area (Å²) in [4.78, 5) is 25.1.